The second kappa shape index (κ2) is 6.59. The van der Waals surface area contributed by atoms with E-state index in [1.807, 2.05) is 0 Å². The summed E-state index contributed by atoms with van der Waals surface area (Å²) in [4.78, 5) is 39.8. The molecule has 2 rings (SSSR count). The van der Waals surface area contributed by atoms with Crippen LogP contribution in [0.15, 0.2) is 35.9 Å². The van der Waals surface area contributed by atoms with Gasteiger partial charge in [-0.05, 0) is 11.6 Å². The number of aliphatic carboxylic acids is 1. The van der Waals surface area contributed by atoms with Gasteiger partial charge in [0.15, 0.2) is 0 Å². The van der Waals surface area contributed by atoms with Crippen molar-refractivity contribution in [2.75, 3.05) is 14.2 Å². The molecule has 1 aromatic carbocycles. The zero-order chi connectivity index (χ0) is 17.0. The monoisotopic (exact) mass is 320 g/mol. The number of benzene rings is 1. The number of nitrogens with zero attached hydrogens (tertiary/aromatic N) is 1. The molecule has 1 heterocycles. The van der Waals surface area contributed by atoms with Gasteiger partial charge in [-0.25, -0.2) is 4.79 Å². The van der Waals surface area contributed by atoms with Gasteiger partial charge >= 0.3 is 17.8 Å². The van der Waals surface area contributed by atoms with Crippen LogP contribution < -0.4 is 5.32 Å². The molecule has 122 valence electrons. The maximum absolute atomic E-state index is 11.8. The van der Waals surface area contributed by atoms with Crippen molar-refractivity contribution in [1.82, 2.24) is 10.4 Å². The van der Waals surface area contributed by atoms with E-state index in [-0.39, 0.29) is 12.0 Å². The second-order valence-corrected chi connectivity index (χ2v) is 4.79. The first-order valence-electron chi connectivity index (χ1n) is 6.68. The number of hydrogen-bond donors (Lipinski definition) is 2. The van der Waals surface area contributed by atoms with Gasteiger partial charge in [0, 0.05) is 12.7 Å². The summed E-state index contributed by atoms with van der Waals surface area (Å²) in [5.74, 6) is -4.80. The van der Waals surface area contributed by atoms with E-state index in [0.717, 1.165) is 0 Å². The molecule has 0 spiro atoms. The summed E-state index contributed by atoms with van der Waals surface area (Å²) >= 11 is 0. The molecule has 1 atom stereocenters. The van der Waals surface area contributed by atoms with Crippen LogP contribution in [-0.2, 0) is 24.0 Å². The minimum atomic E-state index is -1.71. The number of hydroxylamine groups is 2. The topological polar surface area (TPSA) is 105 Å². The van der Waals surface area contributed by atoms with Crippen LogP contribution in [0.4, 0.5) is 0 Å². The quantitative estimate of drug-likeness (QED) is 0.579. The normalized spacial score (nSPS) is 21.5. The molecule has 0 radical (unpaired) electrons. The number of methoxy groups -OCH3 is 1. The summed E-state index contributed by atoms with van der Waals surface area (Å²) in [6.07, 6.45) is 1.14. The predicted octanol–water partition coefficient (Wildman–Crippen LogP) is 0.365. The van der Waals surface area contributed by atoms with E-state index in [0.29, 0.717) is 10.6 Å². The lowest BCUT2D eigenvalue weighted by atomic mass is 10.0. The standard InChI is InChI=1S/C15H16N2O6/c1-22-15(16-12(18)13(19)17(15)23-2)9-11(14(20)21)8-10-6-4-3-5-7-10/h3-8H,9H2,1-2H3,(H,16,18)(H,20,21). The van der Waals surface area contributed by atoms with Crippen molar-refractivity contribution in [3.8, 4) is 0 Å². The van der Waals surface area contributed by atoms with Crippen molar-refractivity contribution in [3.63, 3.8) is 0 Å². The lowest BCUT2D eigenvalue weighted by Gasteiger charge is -2.33. The molecule has 8 nitrogen and oxygen atoms in total. The van der Waals surface area contributed by atoms with Gasteiger partial charge in [-0.1, -0.05) is 30.3 Å². The highest BCUT2D eigenvalue weighted by atomic mass is 16.7. The average molecular weight is 320 g/mol. The number of ether oxygens (including phenoxy) is 1. The van der Waals surface area contributed by atoms with E-state index in [4.69, 9.17) is 9.57 Å². The van der Waals surface area contributed by atoms with Gasteiger partial charge in [0.2, 0.25) is 0 Å². The molecular weight excluding hydrogens is 304 g/mol. The van der Waals surface area contributed by atoms with E-state index in [9.17, 15) is 19.5 Å². The van der Waals surface area contributed by atoms with Crippen LogP contribution in [-0.4, -0.2) is 48.0 Å². The van der Waals surface area contributed by atoms with Crippen LogP contribution in [0.5, 0.6) is 0 Å². The first-order valence-corrected chi connectivity index (χ1v) is 6.68. The van der Waals surface area contributed by atoms with Crippen molar-refractivity contribution in [3.05, 3.63) is 41.5 Å². The third-order valence-corrected chi connectivity index (χ3v) is 3.38. The first-order chi connectivity index (χ1) is 10.9. The molecule has 2 N–H and O–H groups in total. The fourth-order valence-electron chi connectivity index (χ4n) is 2.29. The minimum absolute atomic E-state index is 0.0601. The fraction of sp³-hybridized carbons (Fsp3) is 0.267. The number of rotatable bonds is 6. The zero-order valence-electron chi connectivity index (χ0n) is 12.6. The van der Waals surface area contributed by atoms with Gasteiger partial charge in [0.25, 0.3) is 5.85 Å². The van der Waals surface area contributed by atoms with Gasteiger partial charge in [-0.2, -0.15) is 5.06 Å². The van der Waals surface area contributed by atoms with E-state index in [2.05, 4.69) is 5.32 Å². The molecular formula is C15H16N2O6. The van der Waals surface area contributed by atoms with Crippen LogP contribution in [0.2, 0.25) is 0 Å². The molecule has 1 unspecified atom stereocenters. The van der Waals surface area contributed by atoms with Crippen LogP contribution in [0.1, 0.15) is 12.0 Å². The van der Waals surface area contributed by atoms with Gasteiger partial charge in [-0.3, -0.25) is 14.4 Å². The third kappa shape index (κ3) is 3.22. The lowest BCUT2D eigenvalue weighted by Crippen LogP contribution is -2.54. The molecule has 1 fully saturated rings. The van der Waals surface area contributed by atoms with E-state index < -0.39 is 23.6 Å². The summed E-state index contributed by atoms with van der Waals surface area (Å²) in [5.41, 5.74) is 0.603. The van der Waals surface area contributed by atoms with Crippen LogP contribution in [0.25, 0.3) is 6.08 Å². The Bertz CT molecular complexity index is 657. The predicted molar refractivity (Wildman–Crippen MR) is 78.4 cm³/mol. The van der Waals surface area contributed by atoms with Crippen molar-refractivity contribution >= 4 is 23.9 Å². The van der Waals surface area contributed by atoms with Crippen molar-refractivity contribution < 1.29 is 29.1 Å². The van der Waals surface area contributed by atoms with Crippen molar-refractivity contribution in [1.29, 1.82) is 0 Å². The van der Waals surface area contributed by atoms with Crippen LogP contribution in [0, 0.1) is 0 Å². The Balaban J connectivity index is 2.38. The van der Waals surface area contributed by atoms with Gasteiger partial charge in [-0.15, -0.1) is 0 Å². The Morgan fingerprint density at radius 1 is 1.30 bits per heavy atom. The molecule has 0 aromatic heterocycles. The first kappa shape index (κ1) is 16.7. The smallest absolute Gasteiger partial charge is 0.339 e. The minimum Gasteiger partial charge on any atom is -0.478 e. The Morgan fingerprint density at radius 2 is 1.96 bits per heavy atom. The molecule has 1 aromatic rings. The molecule has 1 aliphatic heterocycles. The lowest BCUT2D eigenvalue weighted by molar-refractivity contribution is -0.266. The van der Waals surface area contributed by atoms with Crippen molar-refractivity contribution in [2.24, 2.45) is 0 Å². The number of carboxylic acid groups (broad SMARTS) is 1. The molecule has 23 heavy (non-hydrogen) atoms. The molecule has 0 bridgehead atoms. The summed E-state index contributed by atoms with van der Waals surface area (Å²) in [6, 6.07) is 8.79. The van der Waals surface area contributed by atoms with Crippen LogP contribution >= 0.6 is 0 Å². The summed E-state index contributed by atoms with van der Waals surface area (Å²) in [7, 11) is 2.43. The van der Waals surface area contributed by atoms with Crippen LogP contribution in [0.3, 0.4) is 0 Å². The number of carbonyl (C=O) groups excluding carboxylic acids is 2. The Labute approximate surface area is 132 Å². The largest absolute Gasteiger partial charge is 0.478 e. The summed E-state index contributed by atoms with van der Waals surface area (Å²) in [5, 5.41) is 12.4. The third-order valence-electron chi connectivity index (χ3n) is 3.38. The fourth-order valence-corrected chi connectivity index (χ4v) is 2.29. The summed E-state index contributed by atoms with van der Waals surface area (Å²) in [6.45, 7) is 0. The second-order valence-electron chi connectivity index (χ2n) is 4.79. The molecule has 1 aliphatic rings. The highest BCUT2D eigenvalue weighted by Crippen LogP contribution is 2.28. The van der Waals surface area contributed by atoms with Gasteiger partial charge < -0.3 is 15.2 Å². The van der Waals surface area contributed by atoms with E-state index >= 15 is 0 Å². The number of carboxylic acids is 1. The highest BCUT2D eigenvalue weighted by Gasteiger charge is 2.53. The Morgan fingerprint density at radius 3 is 2.48 bits per heavy atom. The molecule has 0 saturated carbocycles. The number of nitrogens with one attached hydrogen (secondary N) is 1. The highest BCUT2D eigenvalue weighted by molar-refractivity contribution is 6.36. The average Bonchev–Trinajstić information content (AvgIpc) is 2.78. The van der Waals surface area contributed by atoms with Gasteiger partial charge in [0.05, 0.1) is 13.5 Å². The maximum Gasteiger partial charge on any atom is 0.339 e. The summed E-state index contributed by atoms with van der Waals surface area (Å²) < 4.78 is 5.21. The van der Waals surface area contributed by atoms with E-state index in [1.165, 1.54) is 20.3 Å². The van der Waals surface area contributed by atoms with E-state index in [1.54, 1.807) is 30.3 Å². The molecule has 0 aliphatic carbocycles. The number of hydrogen-bond acceptors (Lipinski definition) is 5. The van der Waals surface area contributed by atoms with Crippen molar-refractivity contribution in [2.45, 2.75) is 12.3 Å². The van der Waals surface area contributed by atoms with Gasteiger partial charge in [0.1, 0.15) is 0 Å². The number of carbonyl (C=O) groups is 3. The maximum atomic E-state index is 11.8. The molecule has 1 saturated heterocycles. The Kier molecular flexibility index (Phi) is 4.77. The Hall–Kier alpha value is -2.71. The number of amides is 2. The molecule has 2 amide bonds. The molecule has 8 heteroatoms. The SMILES string of the molecule is CON1C(=O)C(=O)NC1(CC(=Cc1ccccc1)C(=O)O)OC. The zero-order valence-corrected chi connectivity index (χ0v) is 12.6.